The highest BCUT2D eigenvalue weighted by Gasteiger charge is 2.17. The maximum absolute atomic E-state index is 13.9. The molecule has 0 aliphatic heterocycles. The van der Waals surface area contributed by atoms with Gasteiger partial charge in [-0.3, -0.25) is 0 Å². The minimum absolute atomic E-state index is 0.0546. The monoisotopic (exact) mass is 331 g/mol. The first-order valence-electron chi connectivity index (χ1n) is 6.14. The number of ether oxygens (including phenoxy) is 1. The fourth-order valence-corrected chi connectivity index (χ4v) is 2.42. The van der Waals surface area contributed by atoms with Gasteiger partial charge in [-0.15, -0.1) is 0 Å². The first kappa shape index (κ1) is 16.0. The first-order chi connectivity index (χ1) is 9.92. The Morgan fingerprint density at radius 3 is 2.52 bits per heavy atom. The molecule has 0 radical (unpaired) electrons. The molecular formula is C15H13Cl2F2NO. The van der Waals surface area contributed by atoms with Crippen LogP contribution in [0.5, 0.6) is 5.75 Å². The summed E-state index contributed by atoms with van der Waals surface area (Å²) in [5.74, 6) is -0.763. The zero-order chi connectivity index (χ0) is 15.6. The number of hydrogen-bond acceptors (Lipinski definition) is 2. The van der Waals surface area contributed by atoms with Crippen LogP contribution >= 0.6 is 23.2 Å². The van der Waals surface area contributed by atoms with Gasteiger partial charge >= 0.3 is 0 Å². The van der Waals surface area contributed by atoms with E-state index in [0.29, 0.717) is 16.3 Å². The van der Waals surface area contributed by atoms with Crippen molar-refractivity contribution in [3.05, 3.63) is 63.1 Å². The average Bonchev–Trinajstić information content (AvgIpc) is 2.43. The van der Waals surface area contributed by atoms with Gasteiger partial charge in [0.15, 0.2) is 0 Å². The predicted octanol–water partition coefficient (Wildman–Crippen LogP) is 4.52. The Balaban J connectivity index is 2.32. The Labute approximate surface area is 131 Å². The second-order valence-electron chi connectivity index (χ2n) is 4.55. The normalized spacial score (nSPS) is 12.3. The summed E-state index contributed by atoms with van der Waals surface area (Å²) < 4.78 is 32.5. The molecule has 0 bridgehead atoms. The standard InChI is InChI=1S/C15H13Cl2F2NO/c1-21-15-3-2-9(16)4-8(15)5-14(20)10-6-13(19)11(17)7-12(10)18/h2-4,6-7,14H,5,20H2,1H3. The van der Waals surface area contributed by atoms with Crippen LogP contribution in [-0.4, -0.2) is 7.11 Å². The molecule has 0 amide bonds. The molecule has 0 aliphatic rings. The summed E-state index contributed by atoms with van der Waals surface area (Å²) >= 11 is 11.5. The van der Waals surface area contributed by atoms with Crippen molar-refractivity contribution in [3.63, 3.8) is 0 Å². The summed E-state index contributed by atoms with van der Waals surface area (Å²) in [5.41, 5.74) is 6.74. The third-order valence-corrected chi connectivity index (χ3v) is 3.65. The highest BCUT2D eigenvalue weighted by Crippen LogP contribution is 2.29. The number of benzene rings is 2. The van der Waals surface area contributed by atoms with Crippen molar-refractivity contribution in [2.24, 2.45) is 5.73 Å². The van der Waals surface area contributed by atoms with Crippen LogP contribution in [0.15, 0.2) is 30.3 Å². The summed E-state index contributed by atoms with van der Waals surface area (Å²) in [6.07, 6.45) is 0.252. The molecule has 21 heavy (non-hydrogen) atoms. The van der Waals surface area contributed by atoms with Crippen LogP contribution in [-0.2, 0) is 6.42 Å². The van der Waals surface area contributed by atoms with Gasteiger partial charge in [-0.05, 0) is 42.3 Å². The molecular weight excluding hydrogens is 319 g/mol. The van der Waals surface area contributed by atoms with Crippen molar-refractivity contribution in [1.29, 1.82) is 0 Å². The van der Waals surface area contributed by atoms with Gasteiger partial charge < -0.3 is 10.5 Å². The lowest BCUT2D eigenvalue weighted by atomic mass is 9.98. The van der Waals surface area contributed by atoms with Gasteiger partial charge in [0, 0.05) is 16.6 Å². The Hall–Kier alpha value is -1.36. The number of rotatable bonds is 4. The second-order valence-corrected chi connectivity index (χ2v) is 5.40. The molecule has 0 aromatic heterocycles. The molecule has 1 atom stereocenters. The van der Waals surface area contributed by atoms with E-state index in [1.165, 1.54) is 7.11 Å². The third-order valence-electron chi connectivity index (χ3n) is 3.12. The van der Waals surface area contributed by atoms with E-state index >= 15 is 0 Å². The summed E-state index contributed by atoms with van der Waals surface area (Å²) in [7, 11) is 1.51. The molecule has 2 rings (SSSR count). The van der Waals surface area contributed by atoms with Gasteiger partial charge in [-0.25, -0.2) is 8.78 Å². The van der Waals surface area contributed by atoms with Gasteiger partial charge in [-0.1, -0.05) is 23.2 Å². The molecule has 2 N–H and O–H groups in total. The molecule has 0 spiro atoms. The lowest BCUT2D eigenvalue weighted by Gasteiger charge is -2.16. The summed E-state index contributed by atoms with van der Waals surface area (Å²) in [6, 6.07) is 6.25. The van der Waals surface area contributed by atoms with Gasteiger partial charge in [0.25, 0.3) is 0 Å². The van der Waals surface area contributed by atoms with Gasteiger partial charge in [0.1, 0.15) is 17.4 Å². The number of nitrogens with two attached hydrogens (primary N) is 1. The van der Waals surface area contributed by atoms with Crippen LogP contribution in [0.25, 0.3) is 0 Å². The molecule has 2 nitrogen and oxygen atoms in total. The Bertz CT molecular complexity index is 664. The molecule has 2 aromatic carbocycles. The topological polar surface area (TPSA) is 35.2 Å². The van der Waals surface area contributed by atoms with E-state index in [0.717, 1.165) is 12.1 Å². The van der Waals surface area contributed by atoms with Crippen molar-refractivity contribution in [2.45, 2.75) is 12.5 Å². The maximum Gasteiger partial charge on any atom is 0.142 e. The van der Waals surface area contributed by atoms with Crippen molar-refractivity contribution < 1.29 is 13.5 Å². The number of methoxy groups -OCH3 is 1. The quantitative estimate of drug-likeness (QED) is 0.836. The molecule has 1 unspecified atom stereocenters. The van der Waals surface area contributed by atoms with Gasteiger partial charge in [-0.2, -0.15) is 0 Å². The maximum atomic E-state index is 13.9. The first-order valence-corrected chi connectivity index (χ1v) is 6.90. The fraction of sp³-hybridized carbons (Fsp3) is 0.200. The number of halogens is 4. The summed E-state index contributed by atoms with van der Waals surface area (Å²) in [5, 5.41) is 0.240. The Morgan fingerprint density at radius 2 is 1.86 bits per heavy atom. The molecule has 2 aromatic rings. The van der Waals surface area contributed by atoms with Crippen molar-refractivity contribution in [1.82, 2.24) is 0 Å². The van der Waals surface area contributed by atoms with E-state index in [1.807, 2.05) is 0 Å². The zero-order valence-corrected chi connectivity index (χ0v) is 12.7. The minimum Gasteiger partial charge on any atom is -0.496 e. The highest BCUT2D eigenvalue weighted by atomic mass is 35.5. The van der Waals surface area contributed by atoms with Gasteiger partial charge in [0.05, 0.1) is 12.1 Å². The van der Waals surface area contributed by atoms with E-state index in [1.54, 1.807) is 18.2 Å². The lowest BCUT2D eigenvalue weighted by molar-refractivity contribution is 0.407. The summed E-state index contributed by atoms with van der Waals surface area (Å²) in [6.45, 7) is 0. The minimum atomic E-state index is -0.746. The van der Waals surface area contributed by atoms with E-state index in [4.69, 9.17) is 33.7 Å². The van der Waals surface area contributed by atoms with Crippen LogP contribution in [0.4, 0.5) is 8.78 Å². The van der Waals surface area contributed by atoms with Crippen LogP contribution in [0.1, 0.15) is 17.2 Å². The Kier molecular flexibility index (Phi) is 5.04. The van der Waals surface area contributed by atoms with Crippen LogP contribution in [0.2, 0.25) is 10.0 Å². The molecule has 0 heterocycles. The van der Waals surface area contributed by atoms with Crippen molar-refractivity contribution >= 4 is 23.2 Å². The number of hydrogen-bond donors (Lipinski definition) is 1. The van der Waals surface area contributed by atoms with E-state index in [-0.39, 0.29) is 17.0 Å². The second kappa shape index (κ2) is 6.60. The third kappa shape index (κ3) is 3.64. The summed E-state index contributed by atoms with van der Waals surface area (Å²) in [4.78, 5) is 0. The predicted molar refractivity (Wildman–Crippen MR) is 80.0 cm³/mol. The van der Waals surface area contributed by atoms with Crippen LogP contribution in [0.3, 0.4) is 0 Å². The van der Waals surface area contributed by atoms with Crippen LogP contribution < -0.4 is 10.5 Å². The zero-order valence-electron chi connectivity index (χ0n) is 11.2. The van der Waals surface area contributed by atoms with E-state index in [2.05, 4.69) is 0 Å². The van der Waals surface area contributed by atoms with Gasteiger partial charge in [0.2, 0.25) is 0 Å². The molecule has 0 saturated heterocycles. The molecule has 0 saturated carbocycles. The van der Waals surface area contributed by atoms with E-state index < -0.39 is 17.7 Å². The van der Waals surface area contributed by atoms with Crippen molar-refractivity contribution in [2.75, 3.05) is 7.11 Å². The van der Waals surface area contributed by atoms with Crippen LogP contribution in [0, 0.1) is 11.6 Å². The largest absolute Gasteiger partial charge is 0.496 e. The Morgan fingerprint density at radius 1 is 1.14 bits per heavy atom. The lowest BCUT2D eigenvalue weighted by Crippen LogP contribution is -2.16. The van der Waals surface area contributed by atoms with Crippen molar-refractivity contribution in [3.8, 4) is 5.75 Å². The highest BCUT2D eigenvalue weighted by molar-refractivity contribution is 6.31. The SMILES string of the molecule is COc1ccc(Cl)cc1CC(N)c1cc(F)c(Cl)cc1F. The molecule has 0 fully saturated rings. The molecule has 112 valence electrons. The van der Waals surface area contributed by atoms with E-state index in [9.17, 15) is 8.78 Å². The fourth-order valence-electron chi connectivity index (χ4n) is 2.08. The molecule has 0 aliphatic carbocycles. The molecule has 6 heteroatoms. The smallest absolute Gasteiger partial charge is 0.142 e. The average molecular weight is 332 g/mol.